The van der Waals surface area contributed by atoms with E-state index in [4.69, 9.17) is 14.2 Å². The van der Waals surface area contributed by atoms with E-state index < -0.39 is 10.0 Å². The van der Waals surface area contributed by atoms with Crippen LogP contribution >= 0.6 is 0 Å². The maximum Gasteiger partial charge on any atom is 0.243 e. The number of sulfonamides is 1. The molecule has 27 heavy (non-hydrogen) atoms. The zero-order valence-corrected chi connectivity index (χ0v) is 16.5. The number of nitrogens with zero attached hydrogens (tertiary/aromatic N) is 1. The van der Waals surface area contributed by atoms with Crippen LogP contribution in [0.4, 0.5) is 0 Å². The Hall–Kier alpha value is -1.35. The molecule has 0 aliphatic carbocycles. The molecule has 0 bridgehead atoms. The van der Waals surface area contributed by atoms with Gasteiger partial charge in [0.15, 0.2) is 11.5 Å². The van der Waals surface area contributed by atoms with Gasteiger partial charge in [0, 0.05) is 19.1 Å². The van der Waals surface area contributed by atoms with Gasteiger partial charge in [-0.25, -0.2) is 8.42 Å². The number of hydrogen-bond acceptors (Lipinski definition) is 5. The first-order valence-corrected chi connectivity index (χ1v) is 11.4. The van der Waals surface area contributed by atoms with Gasteiger partial charge >= 0.3 is 0 Å². The first kappa shape index (κ1) is 19.0. The van der Waals surface area contributed by atoms with Crippen LogP contribution in [0.15, 0.2) is 23.1 Å². The van der Waals surface area contributed by atoms with Gasteiger partial charge in [-0.15, -0.1) is 0 Å². The van der Waals surface area contributed by atoms with E-state index in [0.29, 0.717) is 43.9 Å². The normalized spacial score (nSPS) is 25.1. The van der Waals surface area contributed by atoms with E-state index in [9.17, 15) is 8.42 Å². The smallest absolute Gasteiger partial charge is 0.243 e. The van der Waals surface area contributed by atoms with Crippen molar-refractivity contribution in [3.8, 4) is 11.5 Å². The first-order valence-electron chi connectivity index (χ1n) is 9.98. The van der Waals surface area contributed by atoms with E-state index in [1.165, 1.54) is 11.3 Å². The fourth-order valence-electron chi connectivity index (χ4n) is 3.99. The lowest BCUT2D eigenvalue weighted by atomic mass is 10.1. The van der Waals surface area contributed by atoms with E-state index in [2.05, 4.69) is 0 Å². The Bertz CT molecular complexity index is 740. The third kappa shape index (κ3) is 4.39. The van der Waals surface area contributed by atoms with Gasteiger partial charge in [-0.05, 0) is 31.4 Å². The molecule has 2 fully saturated rings. The lowest BCUT2D eigenvalue weighted by Gasteiger charge is -2.34. The van der Waals surface area contributed by atoms with E-state index in [1.54, 1.807) is 22.5 Å². The Kier molecular flexibility index (Phi) is 5.87. The molecule has 1 aromatic carbocycles. The van der Waals surface area contributed by atoms with Crippen LogP contribution in [0.2, 0.25) is 0 Å². The van der Waals surface area contributed by atoms with Crippen LogP contribution in [0.3, 0.4) is 0 Å². The molecule has 4 rings (SSSR count). The van der Waals surface area contributed by atoms with E-state index in [1.807, 2.05) is 0 Å². The summed E-state index contributed by atoms with van der Waals surface area (Å²) in [6, 6.07) is 4.93. The highest BCUT2D eigenvalue weighted by atomic mass is 32.2. The molecule has 0 amide bonds. The maximum absolute atomic E-state index is 13.1. The van der Waals surface area contributed by atoms with Crippen molar-refractivity contribution in [2.75, 3.05) is 52.5 Å². The molecule has 3 aliphatic rings. The minimum atomic E-state index is -3.51. The van der Waals surface area contributed by atoms with Crippen molar-refractivity contribution >= 4 is 10.0 Å². The van der Waals surface area contributed by atoms with Gasteiger partial charge in [-0.2, -0.15) is 4.31 Å². The maximum atomic E-state index is 13.1. The molecule has 3 aliphatic heterocycles. The van der Waals surface area contributed by atoms with E-state index in [-0.39, 0.29) is 4.90 Å². The van der Waals surface area contributed by atoms with Gasteiger partial charge in [0.2, 0.25) is 10.0 Å². The molecule has 3 heterocycles. The number of fused-ring (bicyclic) bond motifs is 1. The van der Waals surface area contributed by atoms with Crippen LogP contribution in [0.1, 0.15) is 25.7 Å². The second kappa shape index (κ2) is 8.34. The second-order valence-corrected chi connectivity index (χ2v) is 9.44. The zero-order valence-electron chi connectivity index (χ0n) is 15.7. The largest absolute Gasteiger partial charge is 0.490 e. The Labute approximate surface area is 161 Å². The van der Waals surface area contributed by atoms with Crippen molar-refractivity contribution in [3.63, 3.8) is 0 Å². The summed E-state index contributed by atoms with van der Waals surface area (Å²) in [5, 5.41) is 0. The third-order valence-corrected chi connectivity index (χ3v) is 7.47. The third-order valence-electron chi connectivity index (χ3n) is 5.58. The summed E-state index contributed by atoms with van der Waals surface area (Å²) in [5.74, 6) is 1.14. The van der Waals surface area contributed by atoms with Crippen molar-refractivity contribution in [2.45, 2.75) is 36.7 Å². The number of nitrogens with one attached hydrogen (secondary N) is 1. The van der Waals surface area contributed by atoms with Gasteiger partial charge in [-0.1, -0.05) is 0 Å². The second-order valence-electron chi connectivity index (χ2n) is 7.51. The van der Waals surface area contributed by atoms with Gasteiger partial charge in [0.25, 0.3) is 0 Å². The van der Waals surface area contributed by atoms with Gasteiger partial charge in [0.05, 0.1) is 44.3 Å². The van der Waals surface area contributed by atoms with Crippen LogP contribution < -0.4 is 14.4 Å². The lowest BCUT2D eigenvalue weighted by molar-refractivity contribution is -0.907. The van der Waals surface area contributed by atoms with Crippen molar-refractivity contribution in [3.05, 3.63) is 18.2 Å². The molecule has 1 aromatic rings. The average Bonchev–Trinajstić information content (AvgIpc) is 2.94. The Balaban J connectivity index is 1.39. The average molecular weight is 398 g/mol. The number of ether oxygens (including phenoxy) is 3. The Morgan fingerprint density at radius 3 is 2.52 bits per heavy atom. The summed E-state index contributed by atoms with van der Waals surface area (Å²) in [6.07, 6.45) is 4.66. The van der Waals surface area contributed by atoms with Crippen LogP contribution in [-0.4, -0.2) is 71.4 Å². The number of hydrogen-bond donors (Lipinski definition) is 1. The van der Waals surface area contributed by atoms with Crippen molar-refractivity contribution < 1.29 is 27.5 Å². The summed E-state index contributed by atoms with van der Waals surface area (Å²) in [7, 11) is -3.51. The Morgan fingerprint density at radius 1 is 1.00 bits per heavy atom. The molecule has 0 saturated carbocycles. The SMILES string of the molecule is O=S(=O)(c1ccc2c(c1)OCCCO2)N1CC[NH+](C[C@H]2CCCCO2)CC1. The summed E-state index contributed by atoms with van der Waals surface area (Å²) in [6.45, 7) is 5.71. The topological polar surface area (TPSA) is 69.5 Å². The molecular formula is C19H29N2O5S+. The van der Waals surface area contributed by atoms with E-state index >= 15 is 0 Å². The highest BCUT2D eigenvalue weighted by molar-refractivity contribution is 7.89. The quantitative estimate of drug-likeness (QED) is 0.792. The number of rotatable bonds is 4. The van der Waals surface area contributed by atoms with Gasteiger partial charge in [-0.3, -0.25) is 0 Å². The molecule has 0 aromatic heterocycles. The molecule has 150 valence electrons. The van der Waals surface area contributed by atoms with Crippen LogP contribution in [0.5, 0.6) is 11.5 Å². The monoisotopic (exact) mass is 397 g/mol. The summed E-state index contributed by atoms with van der Waals surface area (Å²) >= 11 is 0. The summed E-state index contributed by atoms with van der Waals surface area (Å²) < 4.78 is 44.8. The Morgan fingerprint density at radius 2 is 1.78 bits per heavy atom. The van der Waals surface area contributed by atoms with Crippen molar-refractivity contribution in [1.82, 2.24) is 4.31 Å². The molecule has 2 saturated heterocycles. The predicted octanol–water partition coefficient (Wildman–Crippen LogP) is 0.306. The zero-order chi connectivity index (χ0) is 18.7. The lowest BCUT2D eigenvalue weighted by Crippen LogP contribution is -3.15. The van der Waals surface area contributed by atoms with Gasteiger partial charge < -0.3 is 19.1 Å². The first-order chi connectivity index (χ1) is 13.1. The van der Waals surface area contributed by atoms with Crippen LogP contribution in [0, 0.1) is 0 Å². The highest BCUT2D eigenvalue weighted by Crippen LogP contribution is 2.32. The predicted molar refractivity (Wildman–Crippen MR) is 100.0 cm³/mol. The summed E-state index contributed by atoms with van der Waals surface area (Å²) in [5.41, 5.74) is 0. The summed E-state index contributed by atoms with van der Waals surface area (Å²) in [4.78, 5) is 1.72. The molecule has 1 atom stereocenters. The highest BCUT2D eigenvalue weighted by Gasteiger charge is 2.32. The number of piperazine rings is 1. The standard InChI is InChI=1S/C19H28N2O5S/c22-27(23,17-5-6-18-19(14-17)26-13-3-12-25-18)21-9-7-20(8-10-21)15-16-4-1-2-11-24-16/h5-6,14,16H,1-4,7-13,15H2/p+1/t16-/m1/s1. The molecular weight excluding hydrogens is 368 g/mol. The minimum absolute atomic E-state index is 0.283. The fourth-order valence-corrected chi connectivity index (χ4v) is 5.45. The van der Waals surface area contributed by atoms with E-state index in [0.717, 1.165) is 45.5 Å². The number of benzene rings is 1. The molecule has 0 radical (unpaired) electrons. The van der Waals surface area contributed by atoms with Crippen LogP contribution in [-0.2, 0) is 14.8 Å². The molecule has 0 unspecified atom stereocenters. The molecule has 7 nitrogen and oxygen atoms in total. The van der Waals surface area contributed by atoms with Crippen LogP contribution in [0.25, 0.3) is 0 Å². The number of quaternary nitrogens is 1. The molecule has 0 spiro atoms. The molecule has 1 N–H and O–H groups in total. The molecule has 8 heteroatoms. The van der Waals surface area contributed by atoms with Crippen molar-refractivity contribution in [2.24, 2.45) is 0 Å². The minimum Gasteiger partial charge on any atom is -0.490 e. The van der Waals surface area contributed by atoms with Crippen molar-refractivity contribution in [1.29, 1.82) is 0 Å². The fraction of sp³-hybridized carbons (Fsp3) is 0.684. The van der Waals surface area contributed by atoms with Gasteiger partial charge in [0.1, 0.15) is 12.6 Å².